The molecule has 0 atom stereocenters. The lowest BCUT2D eigenvalue weighted by Gasteiger charge is -2.40. The number of aliphatic hydroxyl groups excluding tert-OH is 1. The third-order valence-electron chi connectivity index (χ3n) is 11.9. The van der Waals surface area contributed by atoms with Gasteiger partial charge in [0, 0.05) is 13.0 Å². The Balaban J connectivity index is 2.23. The van der Waals surface area contributed by atoms with Crippen molar-refractivity contribution >= 4 is 11.9 Å². The van der Waals surface area contributed by atoms with Gasteiger partial charge in [0.1, 0.15) is 6.10 Å². The lowest BCUT2D eigenvalue weighted by molar-refractivity contribution is -0.169. The number of hydrogen-bond acceptors (Lipinski definition) is 6. The number of hydrogen-bond donors (Lipinski definition) is 1. The van der Waals surface area contributed by atoms with Gasteiger partial charge in [-0.3, -0.25) is 9.59 Å². The number of ether oxygens (including phenoxy) is 2. The fraction of sp³-hybridized carbons (Fsp3) is 0.957. The Morgan fingerprint density at radius 1 is 0.566 bits per heavy atom. The van der Waals surface area contributed by atoms with E-state index in [1.165, 1.54) is 135 Å². The van der Waals surface area contributed by atoms with E-state index in [9.17, 15) is 14.7 Å². The standard InChI is InChI=1S/C47H91NO5/c1-4-7-10-13-16-20-27-35-45(50)52-43-31-24-17-22-29-39-48(41-42-49)40-30-23-21-28-36-47(37-32-38-47)46(51)53-44(33-25-18-14-11-8-5-2)34-26-19-15-12-9-6-3/h44,49H,4-43H2,1-3H3. The summed E-state index contributed by atoms with van der Waals surface area (Å²) in [6.07, 6.45) is 41.2. The predicted molar refractivity (Wildman–Crippen MR) is 225 cm³/mol. The Morgan fingerprint density at radius 3 is 1.51 bits per heavy atom. The molecule has 0 aromatic heterocycles. The average Bonchev–Trinajstić information content (AvgIpc) is 3.13. The molecule has 0 aliphatic heterocycles. The van der Waals surface area contributed by atoms with E-state index in [4.69, 9.17) is 9.47 Å². The monoisotopic (exact) mass is 750 g/mol. The first-order valence-electron chi connectivity index (χ1n) is 23.7. The van der Waals surface area contributed by atoms with Gasteiger partial charge < -0.3 is 19.5 Å². The van der Waals surface area contributed by atoms with Crippen LogP contribution >= 0.6 is 0 Å². The molecule has 1 rings (SSSR count). The van der Waals surface area contributed by atoms with Gasteiger partial charge in [0.05, 0.1) is 18.6 Å². The van der Waals surface area contributed by atoms with Gasteiger partial charge in [0.15, 0.2) is 0 Å². The molecule has 6 nitrogen and oxygen atoms in total. The van der Waals surface area contributed by atoms with Gasteiger partial charge in [-0.05, 0) is 83.7 Å². The molecule has 53 heavy (non-hydrogen) atoms. The molecule has 0 saturated heterocycles. The van der Waals surface area contributed by atoms with Crippen LogP contribution in [0.5, 0.6) is 0 Å². The van der Waals surface area contributed by atoms with Gasteiger partial charge in [0.25, 0.3) is 0 Å². The summed E-state index contributed by atoms with van der Waals surface area (Å²) in [5.74, 6) is 0.101. The zero-order valence-electron chi connectivity index (χ0n) is 35.9. The van der Waals surface area contributed by atoms with Crippen LogP contribution in [0, 0.1) is 5.41 Å². The van der Waals surface area contributed by atoms with Crippen molar-refractivity contribution in [1.29, 1.82) is 0 Å². The van der Waals surface area contributed by atoms with Crippen LogP contribution in [0.25, 0.3) is 0 Å². The maximum atomic E-state index is 13.6. The van der Waals surface area contributed by atoms with Gasteiger partial charge in [-0.15, -0.1) is 0 Å². The fourth-order valence-electron chi connectivity index (χ4n) is 8.08. The van der Waals surface area contributed by atoms with Crippen LogP contribution in [0.2, 0.25) is 0 Å². The van der Waals surface area contributed by atoms with Gasteiger partial charge in [0.2, 0.25) is 0 Å². The van der Waals surface area contributed by atoms with Gasteiger partial charge in [-0.25, -0.2) is 0 Å². The Kier molecular flexibility index (Phi) is 34.3. The summed E-state index contributed by atoms with van der Waals surface area (Å²) in [6, 6.07) is 0. The van der Waals surface area contributed by atoms with Crippen LogP contribution in [-0.4, -0.2) is 60.9 Å². The summed E-state index contributed by atoms with van der Waals surface area (Å²) in [5, 5.41) is 9.63. The molecule has 0 bridgehead atoms. The van der Waals surface area contributed by atoms with E-state index in [0.717, 1.165) is 103 Å². The molecule has 0 aromatic carbocycles. The number of carbonyl (C=O) groups is 2. The SMILES string of the molecule is CCCCCCCCCC(=O)OCCCCCCCN(CCO)CCCCCCC1(C(=O)OC(CCCCCCCC)CCCCCCCC)CCC1. The fourth-order valence-corrected chi connectivity index (χ4v) is 8.08. The van der Waals surface area contributed by atoms with Gasteiger partial charge >= 0.3 is 11.9 Å². The molecule has 1 aliphatic rings. The maximum Gasteiger partial charge on any atom is 0.312 e. The smallest absolute Gasteiger partial charge is 0.312 e. The summed E-state index contributed by atoms with van der Waals surface area (Å²) < 4.78 is 11.8. The van der Waals surface area contributed by atoms with Crippen molar-refractivity contribution in [1.82, 2.24) is 4.90 Å². The zero-order valence-corrected chi connectivity index (χ0v) is 35.9. The van der Waals surface area contributed by atoms with Crippen molar-refractivity contribution in [3.8, 4) is 0 Å². The molecule has 1 aliphatic carbocycles. The number of esters is 2. The molecule has 6 heteroatoms. The van der Waals surface area contributed by atoms with Gasteiger partial charge in [-0.1, -0.05) is 168 Å². The molecule has 0 amide bonds. The van der Waals surface area contributed by atoms with Gasteiger partial charge in [-0.2, -0.15) is 0 Å². The first-order valence-corrected chi connectivity index (χ1v) is 23.7. The normalized spacial score (nSPS) is 13.8. The van der Waals surface area contributed by atoms with Crippen molar-refractivity contribution in [2.75, 3.05) is 32.8 Å². The van der Waals surface area contributed by atoms with Crippen LogP contribution in [0.1, 0.15) is 245 Å². The van der Waals surface area contributed by atoms with E-state index < -0.39 is 0 Å². The zero-order chi connectivity index (χ0) is 38.5. The minimum absolute atomic E-state index is 0.0236. The summed E-state index contributed by atoms with van der Waals surface area (Å²) in [5.41, 5.74) is -0.210. The number of carbonyl (C=O) groups excluding carboxylic acids is 2. The van der Waals surface area contributed by atoms with E-state index in [0.29, 0.717) is 13.0 Å². The number of aliphatic hydroxyl groups is 1. The summed E-state index contributed by atoms with van der Waals surface area (Å²) >= 11 is 0. The van der Waals surface area contributed by atoms with Crippen molar-refractivity contribution < 1.29 is 24.2 Å². The molecular formula is C47H91NO5. The topological polar surface area (TPSA) is 76.1 Å². The van der Waals surface area contributed by atoms with E-state index in [2.05, 4.69) is 25.7 Å². The summed E-state index contributed by atoms with van der Waals surface area (Å²) in [4.78, 5) is 28.0. The van der Waals surface area contributed by atoms with Crippen molar-refractivity contribution in [2.45, 2.75) is 252 Å². The second-order valence-corrected chi connectivity index (χ2v) is 16.9. The molecule has 0 spiro atoms. The average molecular weight is 750 g/mol. The molecular weight excluding hydrogens is 659 g/mol. The third-order valence-corrected chi connectivity index (χ3v) is 11.9. The lowest BCUT2D eigenvalue weighted by Crippen LogP contribution is -2.41. The molecule has 0 aromatic rings. The molecule has 0 radical (unpaired) electrons. The lowest BCUT2D eigenvalue weighted by atomic mass is 9.66. The molecule has 314 valence electrons. The molecule has 1 fully saturated rings. The second-order valence-electron chi connectivity index (χ2n) is 16.9. The van der Waals surface area contributed by atoms with Crippen LogP contribution in [0.15, 0.2) is 0 Å². The predicted octanol–water partition coefficient (Wildman–Crippen LogP) is 13.4. The van der Waals surface area contributed by atoms with E-state index >= 15 is 0 Å². The quantitative estimate of drug-likeness (QED) is 0.0495. The molecule has 0 unspecified atom stereocenters. The molecule has 1 saturated carbocycles. The van der Waals surface area contributed by atoms with Crippen molar-refractivity contribution in [3.63, 3.8) is 0 Å². The van der Waals surface area contributed by atoms with E-state index in [1.54, 1.807) is 0 Å². The first-order chi connectivity index (χ1) is 26.0. The largest absolute Gasteiger partial charge is 0.466 e. The maximum absolute atomic E-state index is 13.6. The molecule has 1 N–H and O–H groups in total. The Morgan fingerprint density at radius 2 is 1.02 bits per heavy atom. The van der Waals surface area contributed by atoms with Crippen molar-refractivity contribution in [3.05, 3.63) is 0 Å². The first kappa shape index (κ1) is 49.9. The highest BCUT2D eigenvalue weighted by atomic mass is 16.5. The Bertz CT molecular complexity index is 799. The van der Waals surface area contributed by atoms with Crippen molar-refractivity contribution in [2.24, 2.45) is 5.41 Å². The minimum atomic E-state index is -0.210. The minimum Gasteiger partial charge on any atom is -0.466 e. The third kappa shape index (κ3) is 28.0. The van der Waals surface area contributed by atoms with Crippen LogP contribution < -0.4 is 0 Å². The number of rotatable bonds is 41. The van der Waals surface area contributed by atoms with Crippen LogP contribution in [0.4, 0.5) is 0 Å². The second kappa shape index (κ2) is 36.5. The van der Waals surface area contributed by atoms with Crippen LogP contribution in [-0.2, 0) is 19.1 Å². The Hall–Kier alpha value is -1.14. The van der Waals surface area contributed by atoms with E-state index in [1.807, 2.05) is 0 Å². The number of unbranched alkanes of at least 4 members (excludes halogenated alkanes) is 23. The highest BCUT2D eigenvalue weighted by Crippen LogP contribution is 2.46. The van der Waals surface area contributed by atoms with Crippen LogP contribution in [0.3, 0.4) is 0 Å². The van der Waals surface area contributed by atoms with E-state index in [-0.39, 0.29) is 30.1 Å². The Labute approximate surface area is 330 Å². The summed E-state index contributed by atoms with van der Waals surface area (Å²) in [7, 11) is 0. The molecule has 0 heterocycles. The summed E-state index contributed by atoms with van der Waals surface area (Å²) in [6.45, 7) is 10.4. The number of nitrogens with zero attached hydrogens (tertiary/aromatic N) is 1. The highest BCUT2D eigenvalue weighted by molar-refractivity contribution is 5.78. The highest BCUT2D eigenvalue weighted by Gasteiger charge is 2.45.